The molecule has 2 rings (SSSR count). The van der Waals surface area contributed by atoms with Gasteiger partial charge in [-0.1, -0.05) is 46.6 Å². The van der Waals surface area contributed by atoms with E-state index in [-0.39, 0.29) is 11.9 Å². The van der Waals surface area contributed by atoms with Gasteiger partial charge in [-0.15, -0.1) is 0 Å². The van der Waals surface area contributed by atoms with Gasteiger partial charge in [-0.25, -0.2) is 4.98 Å². The van der Waals surface area contributed by atoms with Crippen LogP contribution in [0.2, 0.25) is 5.15 Å². The van der Waals surface area contributed by atoms with Crippen LogP contribution >= 0.6 is 27.5 Å². The van der Waals surface area contributed by atoms with E-state index in [0.717, 1.165) is 22.2 Å². The normalized spacial score (nSPS) is 12.0. The van der Waals surface area contributed by atoms with Gasteiger partial charge in [-0.05, 0) is 43.2 Å². The predicted molar refractivity (Wildman–Crippen MR) is 88.6 cm³/mol. The molecule has 0 bridgehead atoms. The number of amides is 1. The third kappa shape index (κ3) is 4.29. The quantitative estimate of drug-likeness (QED) is 0.805. The number of pyridine rings is 1. The smallest absolute Gasteiger partial charge is 0.251 e. The first kappa shape index (κ1) is 16.0. The van der Waals surface area contributed by atoms with Gasteiger partial charge in [0, 0.05) is 15.7 Å². The summed E-state index contributed by atoms with van der Waals surface area (Å²) in [6, 6.07) is 11.1. The Hall–Kier alpha value is -1.39. The third-order valence-electron chi connectivity index (χ3n) is 3.19. The summed E-state index contributed by atoms with van der Waals surface area (Å²) in [5, 5.41) is 3.31. The molecule has 0 fully saturated rings. The molecular formula is C16H16BrClN2O. The first-order chi connectivity index (χ1) is 9.99. The lowest BCUT2D eigenvalue weighted by Gasteiger charge is -2.15. The number of aromatic nitrogens is 1. The predicted octanol–water partition coefficient (Wildman–Crippen LogP) is 4.55. The number of rotatable bonds is 4. The van der Waals surface area contributed by atoms with Crippen molar-refractivity contribution in [2.24, 2.45) is 0 Å². The molecule has 2 aromatic rings. The fourth-order valence-electron chi connectivity index (χ4n) is 1.98. The summed E-state index contributed by atoms with van der Waals surface area (Å²) in [6.45, 7) is 3.93. The SMILES string of the molecule is CCc1cc(C(=O)NC(C)c2ccc(Br)cc2)cc(Cl)n1. The standard InChI is InChI=1S/C16H16BrClN2O/c1-3-14-8-12(9-15(18)20-14)16(21)19-10(2)11-4-6-13(17)7-5-11/h4-10H,3H2,1-2H3,(H,19,21). The van der Waals surface area contributed by atoms with E-state index in [1.54, 1.807) is 12.1 Å². The van der Waals surface area contributed by atoms with Gasteiger partial charge in [0.25, 0.3) is 5.91 Å². The van der Waals surface area contributed by atoms with Gasteiger partial charge < -0.3 is 5.32 Å². The van der Waals surface area contributed by atoms with Crippen LogP contribution in [0.3, 0.4) is 0 Å². The summed E-state index contributed by atoms with van der Waals surface area (Å²) in [6.07, 6.45) is 0.739. The van der Waals surface area contributed by atoms with E-state index in [1.165, 1.54) is 0 Å². The lowest BCUT2D eigenvalue weighted by atomic mass is 10.1. The van der Waals surface area contributed by atoms with E-state index in [4.69, 9.17) is 11.6 Å². The molecule has 5 heteroatoms. The summed E-state index contributed by atoms with van der Waals surface area (Å²) < 4.78 is 1.01. The molecule has 0 aliphatic heterocycles. The van der Waals surface area contributed by atoms with E-state index in [9.17, 15) is 4.79 Å². The molecule has 3 nitrogen and oxygen atoms in total. The Labute approximate surface area is 137 Å². The Morgan fingerprint density at radius 2 is 2.00 bits per heavy atom. The molecule has 0 spiro atoms. The molecule has 1 amide bonds. The second kappa shape index (κ2) is 7.05. The molecule has 1 unspecified atom stereocenters. The Morgan fingerprint density at radius 1 is 1.33 bits per heavy atom. The van der Waals surface area contributed by atoms with Gasteiger partial charge in [0.2, 0.25) is 0 Å². The van der Waals surface area contributed by atoms with Crippen LogP contribution in [0.25, 0.3) is 0 Å². The number of hydrogen-bond donors (Lipinski definition) is 1. The summed E-state index contributed by atoms with van der Waals surface area (Å²) in [5.74, 6) is -0.149. The third-order valence-corrected chi connectivity index (χ3v) is 3.91. The van der Waals surface area contributed by atoms with Gasteiger partial charge in [0.05, 0.1) is 6.04 Å². The van der Waals surface area contributed by atoms with Crippen molar-refractivity contribution < 1.29 is 4.79 Å². The number of nitrogens with one attached hydrogen (secondary N) is 1. The van der Waals surface area contributed by atoms with Crippen LogP contribution in [0.5, 0.6) is 0 Å². The van der Waals surface area contributed by atoms with Crippen LogP contribution in [0.4, 0.5) is 0 Å². The molecule has 1 aromatic heterocycles. The number of nitrogens with zero attached hydrogens (tertiary/aromatic N) is 1. The van der Waals surface area contributed by atoms with Gasteiger partial charge in [-0.3, -0.25) is 4.79 Å². The maximum Gasteiger partial charge on any atom is 0.251 e. The first-order valence-corrected chi connectivity index (χ1v) is 7.89. The van der Waals surface area contributed by atoms with Crippen LogP contribution in [0.15, 0.2) is 40.9 Å². The molecular weight excluding hydrogens is 352 g/mol. The topological polar surface area (TPSA) is 42.0 Å². The molecule has 0 saturated carbocycles. The molecule has 1 heterocycles. The Bertz CT molecular complexity index is 643. The molecule has 0 aliphatic carbocycles. The zero-order chi connectivity index (χ0) is 15.4. The van der Waals surface area contributed by atoms with Gasteiger partial charge in [-0.2, -0.15) is 0 Å². The molecule has 1 N–H and O–H groups in total. The van der Waals surface area contributed by atoms with Crippen molar-refractivity contribution in [3.8, 4) is 0 Å². The summed E-state index contributed by atoms with van der Waals surface area (Å²) in [7, 11) is 0. The minimum absolute atomic E-state index is 0.0809. The highest BCUT2D eigenvalue weighted by Gasteiger charge is 2.13. The maximum atomic E-state index is 12.3. The largest absolute Gasteiger partial charge is 0.346 e. The second-order valence-electron chi connectivity index (χ2n) is 4.77. The lowest BCUT2D eigenvalue weighted by Crippen LogP contribution is -2.26. The molecule has 110 valence electrons. The molecule has 1 aromatic carbocycles. The summed E-state index contributed by atoms with van der Waals surface area (Å²) >= 11 is 9.34. The van der Waals surface area contributed by atoms with Crippen molar-refractivity contribution >= 4 is 33.4 Å². The number of halogens is 2. The Kier molecular flexibility index (Phi) is 5.37. The maximum absolute atomic E-state index is 12.3. The summed E-state index contributed by atoms with van der Waals surface area (Å²) in [4.78, 5) is 16.5. The summed E-state index contributed by atoms with van der Waals surface area (Å²) in [5.41, 5.74) is 2.39. The first-order valence-electron chi connectivity index (χ1n) is 6.72. The molecule has 21 heavy (non-hydrogen) atoms. The van der Waals surface area contributed by atoms with Crippen molar-refractivity contribution in [3.63, 3.8) is 0 Å². The number of hydrogen-bond acceptors (Lipinski definition) is 2. The van der Waals surface area contributed by atoms with Crippen LogP contribution < -0.4 is 5.32 Å². The van der Waals surface area contributed by atoms with Crippen molar-refractivity contribution in [2.75, 3.05) is 0 Å². The van der Waals surface area contributed by atoms with Crippen molar-refractivity contribution in [1.29, 1.82) is 0 Å². The van der Waals surface area contributed by atoms with Crippen LogP contribution in [-0.2, 0) is 6.42 Å². The monoisotopic (exact) mass is 366 g/mol. The lowest BCUT2D eigenvalue weighted by molar-refractivity contribution is 0.0939. The van der Waals surface area contributed by atoms with Gasteiger partial charge in [0.15, 0.2) is 0 Å². The van der Waals surface area contributed by atoms with Crippen molar-refractivity contribution in [3.05, 3.63) is 62.8 Å². The molecule has 0 radical (unpaired) electrons. The second-order valence-corrected chi connectivity index (χ2v) is 6.07. The fourth-order valence-corrected chi connectivity index (χ4v) is 2.47. The van der Waals surface area contributed by atoms with Crippen LogP contribution in [0.1, 0.15) is 41.5 Å². The zero-order valence-corrected chi connectivity index (χ0v) is 14.2. The van der Waals surface area contributed by atoms with Gasteiger partial charge >= 0.3 is 0 Å². The number of benzene rings is 1. The highest BCUT2D eigenvalue weighted by Crippen LogP contribution is 2.18. The average molecular weight is 368 g/mol. The Morgan fingerprint density at radius 3 is 2.62 bits per heavy atom. The minimum Gasteiger partial charge on any atom is -0.346 e. The minimum atomic E-state index is -0.149. The van der Waals surface area contributed by atoms with E-state index in [0.29, 0.717) is 10.7 Å². The van der Waals surface area contributed by atoms with E-state index in [1.807, 2.05) is 38.1 Å². The van der Waals surface area contributed by atoms with Gasteiger partial charge in [0.1, 0.15) is 5.15 Å². The van der Waals surface area contributed by atoms with Crippen molar-refractivity contribution in [1.82, 2.24) is 10.3 Å². The van der Waals surface area contributed by atoms with E-state index < -0.39 is 0 Å². The number of carbonyl (C=O) groups is 1. The highest BCUT2D eigenvalue weighted by molar-refractivity contribution is 9.10. The van der Waals surface area contributed by atoms with E-state index >= 15 is 0 Å². The molecule has 0 saturated heterocycles. The number of carbonyl (C=O) groups excluding carboxylic acids is 1. The van der Waals surface area contributed by atoms with Crippen LogP contribution in [0, 0.1) is 0 Å². The average Bonchev–Trinajstić information content (AvgIpc) is 2.47. The number of aryl methyl sites for hydroxylation is 1. The van der Waals surface area contributed by atoms with Crippen LogP contribution in [-0.4, -0.2) is 10.9 Å². The zero-order valence-electron chi connectivity index (χ0n) is 11.9. The molecule has 1 atom stereocenters. The molecule has 0 aliphatic rings. The fraction of sp³-hybridized carbons (Fsp3) is 0.250. The highest BCUT2D eigenvalue weighted by atomic mass is 79.9. The van der Waals surface area contributed by atoms with Crippen molar-refractivity contribution in [2.45, 2.75) is 26.3 Å². The van der Waals surface area contributed by atoms with E-state index in [2.05, 4.69) is 26.2 Å². The Balaban J connectivity index is 2.13.